The number of thiophene rings is 1. The molecule has 126 valence electrons. The Morgan fingerprint density at radius 1 is 1.29 bits per heavy atom. The van der Waals surface area contributed by atoms with E-state index in [1.165, 1.54) is 47.8 Å². The second-order valence-electron chi connectivity index (χ2n) is 5.73. The van der Waals surface area contributed by atoms with Gasteiger partial charge in [-0.1, -0.05) is 12.1 Å². The largest absolute Gasteiger partial charge is 0.479 e. The molecule has 0 aliphatic carbocycles. The molecular weight excluding hydrogens is 349 g/mol. The van der Waals surface area contributed by atoms with Crippen molar-refractivity contribution in [1.82, 2.24) is 5.32 Å². The zero-order valence-corrected chi connectivity index (χ0v) is 14.5. The fourth-order valence-electron chi connectivity index (χ4n) is 2.71. The molecule has 1 aliphatic heterocycles. The van der Waals surface area contributed by atoms with Crippen LogP contribution in [0.1, 0.15) is 28.2 Å². The van der Waals surface area contributed by atoms with Crippen molar-refractivity contribution in [3.8, 4) is 0 Å². The first-order chi connectivity index (χ1) is 11.4. The van der Waals surface area contributed by atoms with Gasteiger partial charge in [0, 0.05) is 4.88 Å². The van der Waals surface area contributed by atoms with Gasteiger partial charge in [-0.25, -0.2) is 9.18 Å². The SMILES string of the molecule is CC(NC(=O)C1SCCc2sccc21)(C(=O)O)c1ccc(F)cc1. The molecule has 2 heterocycles. The van der Waals surface area contributed by atoms with Crippen molar-refractivity contribution in [2.24, 2.45) is 0 Å². The first-order valence-electron chi connectivity index (χ1n) is 7.41. The number of fused-ring (bicyclic) bond motifs is 1. The van der Waals surface area contributed by atoms with Gasteiger partial charge < -0.3 is 10.4 Å². The molecule has 3 rings (SSSR count). The summed E-state index contributed by atoms with van der Waals surface area (Å²) in [7, 11) is 0. The fraction of sp³-hybridized carbons (Fsp3) is 0.294. The quantitative estimate of drug-likeness (QED) is 0.872. The molecule has 7 heteroatoms. The van der Waals surface area contributed by atoms with Gasteiger partial charge in [-0.2, -0.15) is 0 Å². The molecule has 0 bridgehead atoms. The molecule has 0 radical (unpaired) electrons. The lowest BCUT2D eigenvalue weighted by Gasteiger charge is -2.30. The number of carbonyl (C=O) groups excluding carboxylic acids is 1. The van der Waals surface area contributed by atoms with Gasteiger partial charge in [-0.3, -0.25) is 4.79 Å². The van der Waals surface area contributed by atoms with Crippen LogP contribution in [0.4, 0.5) is 4.39 Å². The molecule has 2 atom stereocenters. The topological polar surface area (TPSA) is 66.4 Å². The maximum atomic E-state index is 13.1. The third-order valence-corrected chi connectivity index (χ3v) is 6.37. The number of aryl methyl sites for hydroxylation is 1. The summed E-state index contributed by atoms with van der Waals surface area (Å²) < 4.78 is 13.1. The number of hydrogen-bond acceptors (Lipinski definition) is 4. The van der Waals surface area contributed by atoms with Crippen LogP contribution in [0.15, 0.2) is 35.7 Å². The van der Waals surface area contributed by atoms with Gasteiger partial charge in [0.2, 0.25) is 5.91 Å². The number of aliphatic carboxylic acids is 1. The number of carboxylic acid groups (broad SMARTS) is 1. The number of rotatable bonds is 4. The molecule has 1 aromatic carbocycles. The van der Waals surface area contributed by atoms with Crippen molar-refractivity contribution in [3.05, 3.63) is 57.5 Å². The Hall–Kier alpha value is -1.86. The van der Waals surface area contributed by atoms with Crippen LogP contribution < -0.4 is 5.32 Å². The molecule has 0 spiro atoms. The Morgan fingerprint density at radius 2 is 2.00 bits per heavy atom. The minimum Gasteiger partial charge on any atom is -0.479 e. The summed E-state index contributed by atoms with van der Waals surface area (Å²) in [5.41, 5.74) is -0.324. The summed E-state index contributed by atoms with van der Waals surface area (Å²) >= 11 is 3.13. The Balaban J connectivity index is 1.88. The predicted octanol–water partition coefficient (Wildman–Crippen LogP) is 3.33. The van der Waals surface area contributed by atoms with E-state index >= 15 is 0 Å². The minimum atomic E-state index is -1.61. The van der Waals surface area contributed by atoms with Crippen LogP contribution in [0, 0.1) is 5.82 Å². The summed E-state index contributed by atoms with van der Waals surface area (Å²) in [5, 5.41) is 13.8. The van der Waals surface area contributed by atoms with E-state index in [1.54, 1.807) is 11.3 Å². The van der Waals surface area contributed by atoms with E-state index in [2.05, 4.69) is 5.32 Å². The van der Waals surface area contributed by atoms with Crippen LogP contribution in [0.3, 0.4) is 0 Å². The van der Waals surface area contributed by atoms with Crippen LogP contribution in [-0.4, -0.2) is 22.7 Å². The third kappa shape index (κ3) is 3.06. The smallest absolute Gasteiger partial charge is 0.333 e. The van der Waals surface area contributed by atoms with Crippen LogP contribution >= 0.6 is 23.1 Å². The first kappa shape index (κ1) is 17.0. The normalized spacial score (nSPS) is 19.2. The van der Waals surface area contributed by atoms with E-state index in [0.717, 1.165) is 17.7 Å². The average Bonchev–Trinajstić information content (AvgIpc) is 3.03. The van der Waals surface area contributed by atoms with Crippen molar-refractivity contribution < 1.29 is 19.1 Å². The summed E-state index contributed by atoms with van der Waals surface area (Å²) in [6.45, 7) is 1.42. The number of thioether (sulfide) groups is 1. The molecule has 4 nitrogen and oxygen atoms in total. The number of hydrogen-bond donors (Lipinski definition) is 2. The highest BCUT2D eigenvalue weighted by Crippen LogP contribution is 2.40. The van der Waals surface area contributed by atoms with E-state index in [4.69, 9.17) is 0 Å². The van der Waals surface area contributed by atoms with Crippen molar-refractivity contribution in [2.45, 2.75) is 24.1 Å². The predicted molar refractivity (Wildman–Crippen MR) is 92.8 cm³/mol. The summed E-state index contributed by atoms with van der Waals surface area (Å²) in [6.07, 6.45) is 0.926. The van der Waals surface area contributed by atoms with Gasteiger partial charge in [0.15, 0.2) is 5.54 Å². The van der Waals surface area contributed by atoms with Gasteiger partial charge in [0.25, 0.3) is 0 Å². The van der Waals surface area contributed by atoms with E-state index in [9.17, 15) is 19.1 Å². The summed E-state index contributed by atoms with van der Waals surface area (Å²) in [5.74, 6) is -1.16. The molecule has 2 N–H and O–H groups in total. The highest BCUT2D eigenvalue weighted by atomic mass is 32.2. The first-order valence-corrected chi connectivity index (χ1v) is 9.34. The third-order valence-electron chi connectivity index (χ3n) is 4.14. The molecule has 24 heavy (non-hydrogen) atoms. The van der Waals surface area contributed by atoms with E-state index in [-0.39, 0.29) is 5.91 Å². The number of carboxylic acids is 1. The molecule has 0 fully saturated rings. The lowest BCUT2D eigenvalue weighted by molar-refractivity contribution is -0.147. The molecule has 2 aromatic rings. The zero-order valence-electron chi connectivity index (χ0n) is 12.9. The number of carbonyl (C=O) groups is 2. The Kier molecular flexibility index (Phi) is 4.64. The van der Waals surface area contributed by atoms with Gasteiger partial charge in [-0.05, 0) is 53.8 Å². The molecule has 1 amide bonds. The molecule has 1 aromatic heterocycles. The highest BCUT2D eigenvalue weighted by Gasteiger charge is 2.40. The van der Waals surface area contributed by atoms with E-state index in [1.807, 2.05) is 11.4 Å². The van der Waals surface area contributed by atoms with E-state index in [0.29, 0.717) is 5.56 Å². The molecule has 0 saturated carbocycles. The Bertz CT molecular complexity index is 774. The Labute approximate surface area is 147 Å². The highest BCUT2D eigenvalue weighted by molar-refractivity contribution is 8.00. The molecular formula is C17H16FNO3S2. The van der Waals surface area contributed by atoms with Crippen LogP contribution in [0.25, 0.3) is 0 Å². The van der Waals surface area contributed by atoms with Crippen LogP contribution in [0.2, 0.25) is 0 Å². The van der Waals surface area contributed by atoms with Crippen LogP contribution in [-0.2, 0) is 21.5 Å². The number of halogens is 1. The molecule has 2 unspecified atom stereocenters. The van der Waals surface area contributed by atoms with Gasteiger partial charge >= 0.3 is 5.97 Å². The lowest BCUT2D eigenvalue weighted by Crippen LogP contribution is -2.50. The Morgan fingerprint density at radius 3 is 2.67 bits per heavy atom. The fourth-order valence-corrected chi connectivity index (χ4v) is 5.00. The second-order valence-corrected chi connectivity index (χ2v) is 7.94. The lowest BCUT2D eigenvalue weighted by atomic mass is 9.91. The monoisotopic (exact) mass is 365 g/mol. The van der Waals surface area contributed by atoms with Crippen molar-refractivity contribution in [2.75, 3.05) is 5.75 Å². The van der Waals surface area contributed by atoms with Crippen molar-refractivity contribution in [3.63, 3.8) is 0 Å². The van der Waals surface area contributed by atoms with Crippen molar-refractivity contribution >= 4 is 35.0 Å². The van der Waals surface area contributed by atoms with Gasteiger partial charge in [0.05, 0.1) is 0 Å². The number of benzene rings is 1. The summed E-state index contributed by atoms with van der Waals surface area (Å²) in [4.78, 5) is 25.7. The van der Waals surface area contributed by atoms with E-state index < -0.39 is 22.6 Å². The standard InChI is InChI=1S/C17H16FNO3S2/c1-17(16(21)22,10-2-4-11(18)5-3-10)19-15(20)14-12-6-8-23-13(12)7-9-24-14/h2-6,8,14H,7,9H2,1H3,(H,19,20)(H,21,22). The molecule has 1 aliphatic rings. The van der Waals surface area contributed by atoms with Crippen molar-refractivity contribution in [1.29, 1.82) is 0 Å². The summed E-state index contributed by atoms with van der Waals surface area (Å²) in [6, 6.07) is 7.07. The second kappa shape index (κ2) is 6.57. The van der Waals surface area contributed by atoms with Gasteiger partial charge in [-0.15, -0.1) is 23.1 Å². The van der Waals surface area contributed by atoms with Gasteiger partial charge in [0.1, 0.15) is 11.1 Å². The average molecular weight is 365 g/mol. The zero-order chi connectivity index (χ0) is 17.3. The maximum absolute atomic E-state index is 13.1. The minimum absolute atomic E-state index is 0.330. The van der Waals surface area contributed by atoms with Crippen LogP contribution in [0.5, 0.6) is 0 Å². The number of amides is 1. The number of nitrogens with one attached hydrogen (secondary N) is 1. The maximum Gasteiger partial charge on any atom is 0.333 e. The molecule has 0 saturated heterocycles.